The van der Waals surface area contributed by atoms with Crippen LogP contribution in [0.25, 0.3) is 10.6 Å². The second-order valence-corrected chi connectivity index (χ2v) is 6.80. The molecule has 1 N–H and O–H groups in total. The maximum absolute atomic E-state index is 12.4. The summed E-state index contributed by atoms with van der Waals surface area (Å²) < 4.78 is 5.83. The summed E-state index contributed by atoms with van der Waals surface area (Å²) in [6.07, 6.45) is 0.929. The van der Waals surface area contributed by atoms with Crippen molar-refractivity contribution < 1.29 is 19.2 Å². The number of carboxylic acids is 1. The normalized spacial score (nSPS) is 16.0. The highest BCUT2D eigenvalue weighted by molar-refractivity contribution is 7.19. The third-order valence-corrected chi connectivity index (χ3v) is 4.92. The molecule has 0 aliphatic carbocycles. The van der Waals surface area contributed by atoms with Crippen LogP contribution in [0.15, 0.2) is 22.7 Å². The van der Waals surface area contributed by atoms with E-state index in [1.165, 1.54) is 11.3 Å². The molecule has 1 aliphatic heterocycles. The van der Waals surface area contributed by atoms with E-state index in [1.54, 1.807) is 23.1 Å². The van der Waals surface area contributed by atoms with Gasteiger partial charge in [-0.05, 0) is 25.0 Å². The molecular formula is C14H13ClN2O4S. The van der Waals surface area contributed by atoms with Crippen molar-refractivity contribution in [1.82, 2.24) is 10.1 Å². The average molecular weight is 341 g/mol. The van der Waals surface area contributed by atoms with Crippen LogP contribution >= 0.6 is 22.9 Å². The van der Waals surface area contributed by atoms with Gasteiger partial charge in [0.25, 0.3) is 5.91 Å². The molecule has 0 spiro atoms. The first-order chi connectivity index (χ1) is 10.5. The van der Waals surface area contributed by atoms with Gasteiger partial charge in [0.15, 0.2) is 11.5 Å². The van der Waals surface area contributed by atoms with Crippen LogP contribution in [0.5, 0.6) is 0 Å². The molecule has 1 aliphatic rings. The van der Waals surface area contributed by atoms with Gasteiger partial charge in [-0.15, -0.1) is 11.3 Å². The minimum Gasteiger partial charge on any atom is -0.481 e. The summed E-state index contributed by atoms with van der Waals surface area (Å²) in [5.41, 5.74) is 0.230. The monoisotopic (exact) mass is 340 g/mol. The predicted molar refractivity (Wildman–Crippen MR) is 81.1 cm³/mol. The lowest BCUT2D eigenvalue weighted by Gasteiger charge is -2.29. The summed E-state index contributed by atoms with van der Waals surface area (Å²) in [4.78, 5) is 25.7. The SMILES string of the molecule is O=C(O)C1CCN(C(=O)c2cc(-c3ccc(Cl)s3)on2)CC1. The Hall–Kier alpha value is -1.86. The molecule has 0 saturated carbocycles. The van der Waals surface area contributed by atoms with E-state index in [-0.39, 0.29) is 17.5 Å². The van der Waals surface area contributed by atoms with Crippen LogP contribution in [-0.2, 0) is 4.79 Å². The summed E-state index contributed by atoms with van der Waals surface area (Å²) in [6.45, 7) is 0.839. The van der Waals surface area contributed by atoms with Gasteiger partial charge < -0.3 is 14.5 Å². The minimum atomic E-state index is -0.801. The van der Waals surface area contributed by atoms with E-state index in [9.17, 15) is 9.59 Å². The Morgan fingerprint density at radius 1 is 1.36 bits per heavy atom. The summed E-state index contributed by atoms with van der Waals surface area (Å²) in [5.74, 6) is -0.905. The highest BCUT2D eigenvalue weighted by Gasteiger charge is 2.29. The van der Waals surface area contributed by atoms with Gasteiger partial charge in [0.1, 0.15) is 0 Å². The highest BCUT2D eigenvalue weighted by atomic mass is 35.5. The zero-order chi connectivity index (χ0) is 15.7. The van der Waals surface area contributed by atoms with E-state index in [4.69, 9.17) is 21.2 Å². The molecule has 3 rings (SSSR count). The molecule has 1 fully saturated rings. The van der Waals surface area contributed by atoms with Crippen LogP contribution in [-0.4, -0.2) is 40.1 Å². The van der Waals surface area contributed by atoms with Gasteiger partial charge in [0.05, 0.1) is 15.1 Å². The number of thiophene rings is 1. The number of nitrogens with zero attached hydrogens (tertiary/aromatic N) is 2. The molecule has 116 valence electrons. The molecule has 2 aromatic rings. The minimum absolute atomic E-state index is 0.230. The Morgan fingerprint density at radius 3 is 2.68 bits per heavy atom. The number of carbonyl (C=O) groups excluding carboxylic acids is 1. The Morgan fingerprint density at radius 2 is 2.09 bits per heavy atom. The lowest BCUT2D eigenvalue weighted by atomic mass is 9.97. The number of carboxylic acid groups (broad SMARTS) is 1. The largest absolute Gasteiger partial charge is 0.481 e. The van der Waals surface area contributed by atoms with Crippen molar-refractivity contribution in [3.05, 3.63) is 28.2 Å². The number of aromatic nitrogens is 1. The molecular weight excluding hydrogens is 328 g/mol. The molecule has 3 heterocycles. The summed E-state index contributed by atoms with van der Waals surface area (Å²) in [6, 6.07) is 5.15. The van der Waals surface area contributed by atoms with E-state index in [2.05, 4.69) is 5.16 Å². The number of halogens is 1. The zero-order valence-electron chi connectivity index (χ0n) is 11.5. The zero-order valence-corrected chi connectivity index (χ0v) is 13.1. The molecule has 0 atom stereocenters. The van der Waals surface area contributed by atoms with Crippen molar-refractivity contribution in [3.63, 3.8) is 0 Å². The van der Waals surface area contributed by atoms with Crippen LogP contribution in [0.2, 0.25) is 4.34 Å². The number of amides is 1. The van der Waals surface area contributed by atoms with Gasteiger partial charge in [-0.1, -0.05) is 16.8 Å². The van der Waals surface area contributed by atoms with Crippen LogP contribution in [0.1, 0.15) is 23.3 Å². The molecule has 1 amide bonds. The molecule has 0 bridgehead atoms. The van der Waals surface area contributed by atoms with Gasteiger partial charge >= 0.3 is 5.97 Å². The van der Waals surface area contributed by atoms with E-state index >= 15 is 0 Å². The van der Waals surface area contributed by atoms with Gasteiger partial charge in [0, 0.05) is 19.2 Å². The fourth-order valence-corrected chi connectivity index (χ4v) is 3.42. The lowest BCUT2D eigenvalue weighted by molar-refractivity contribution is -0.143. The maximum Gasteiger partial charge on any atom is 0.306 e. The van der Waals surface area contributed by atoms with Crippen molar-refractivity contribution in [1.29, 1.82) is 0 Å². The molecule has 2 aromatic heterocycles. The fourth-order valence-electron chi connectivity index (χ4n) is 2.43. The van der Waals surface area contributed by atoms with E-state index in [0.29, 0.717) is 36.0 Å². The van der Waals surface area contributed by atoms with Crippen LogP contribution in [0.3, 0.4) is 0 Å². The van der Waals surface area contributed by atoms with E-state index < -0.39 is 5.97 Å². The summed E-state index contributed by atoms with van der Waals surface area (Å²) in [5, 5.41) is 12.8. The first-order valence-corrected chi connectivity index (χ1v) is 7.98. The van der Waals surface area contributed by atoms with Gasteiger partial charge in [-0.2, -0.15) is 0 Å². The van der Waals surface area contributed by atoms with E-state index in [0.717, 1.165) is 4.88 Å². The lowest BCUT2D eigenvalue weighted by Crippen LogP contribution is -2.40. The number of rotatable bonds is 3. The van der Waals surface area contributed by atoms with Gasteiger partial charge in [-0.3, -0.25) is 9.59 Å². The number of likely N-dealkylation sites (tertiary alicyclic amines) is 1. The Balaban J connectivity index is 1.69. The summed E-state index contributed by atoms with van der Waals surface area (Å²) >= 11 is 7.22. The van der Waals surface area contributed by atoms with Crippen molar-refractivity contribution in [2.24, 2.45) is 5.92 Å². The highest BCUT2D eigenvalue weighted by Crippen LogP contribution is 2.31. The van der Waals surface area contributed by atoms with Gasteiger partial charge in [-0.25, -0.2) is 0 Å². The molecule has 22 heavy (non-hydrogen) atoms. The van der Waals surface area contributed by atoms with Crippen molar-refractivity contribution in [3.8, 4) is 10.6 Å². The van der Waals surface area contributed by atoms with Crippen molar-refractivity contribution in [2.75, 3.05) is 13.1 Å². The average Bonchev–Trinajstić information content (AvgIpc) is 3.15. The second-order valence-electron chi connectivity index (χ2n) is 5.08. The molecule has 8 heteroatoms. The quantitative estimate of drug-likeness (QED) is 0.928. The Labute approximate surface area is 135 Å². The molecule has 0 radical (unpaired) electrons. The van der Waals surface area contributed by atoms with Crippen LogP contribution in [0, 0.1) is 5.92 Å². The second kappa shape index (κ2) is 6.10. The molecule has 0 aromatic carbocycles. The topological polar surface area (TPSA) is 83.6 Å². The number of aliphatic carboxylic acids is 1. The smallest absolute Gasteiger partial charge is 0.306 e. The number of hydrogen-bond acceptors (Lipinski definition) is 5. The first-order valence-electron chi connectivity index (χ1n) is 6.79. The van der Waals surface area contributed by atoms with E-state index in [1.807, 2.05) is 0 Å². The first kappa shape index (κ1) is 15.1. The van der Waals surface area contributed by atoms with Crippen molar-refractivity contribution >= 4 is 34.8 Å². The molecule has 0 unspecified atom stereocenters. The predicted octanol–water partition coefficient (Wildman–Crippen LogP) is 2.99. The number of hydrogen-bond donors (Lipinski definition) is 1. The third-order valence-electron chi connectivity index (χ3n) is 3.68. The Bertz CT molecular complexity index is 703. The van der Waals surface area contributed by atoms with Crippen molar-refractivity contribution in [2.45, 2.75) is 12.8 Å². The summed E-state index contributed by atoms with van der Waals surface area (Å²) in [7, 11) is 0. The van der Waals surface area contributed by atoms with Crippen LogP contribution in [0.4, 0.5) is 0 Å². The molecule has 1 saturated heterocycles. The Kier molecular flexibility index (Phi) is 4.17. The molecule has 6 nitrogen and oxygen atoms in total. The fraction of sp³-hybridized carbons (Fsp3) is 0.357. The number of carbonyl (C=O) groups is 2. The van der Waals surface area contributed by atoms with Crippen LogP contribution < -0.4 is 0 Å². The standard InChI is InChI=1S/C14H13ClN2O4S/c15-12-2-1-11(22-12)10-7-9(16-21-10)13(18)17-5-3-8(4-6-17)14(19)20/h1-2,7-8H,3-6H2,(H,19,20). The maximum atomic E-state index is 12.4. The third kappa shape index (κ3) is 3.00. The van der Waals surface area contributed by atoms with Gasteiger partial charge in [0.2, 0.25) is 0 Å². The number of piperidine rings is 1.